The summed E-state index contributed by atoms with van der Waals surface area (Å²) in [7, 11) is 1.98. The van der Waals surface area contributed by atoms with Crippen LogP contribution in [0.15, 0.2) is 10.9 Å². The molecule has 0 saturated heterocycles. The van der Waals surface area contributed by atoms with E-state index in [1.165, 1.54) is 19.3 Å². The van der Waals surface area contributed by atoms with E-state index in [1.54, 1.807) is 6.07 Å². The van der Waals surface area contributed by atoms with Gasteiger partial charge in [0, 0.05) is 18.8 Å². The first kappa shape index (κ1) is 12.1. The fourth-order valence-corrected chi connectivity index (χ4v) is 2.41. The predicted octanol–water partition coefficient (Wildman–Crippen LogP) is 2.64. The third-order valence-corrected chi connectivity index (χ3v) is 3.31. The highest BCUT2D eigenvalue weighted by atomic mass is 16.1. The molecular formula is C12H22N2O. The molecule has 3 heteroatoms. The third-order valence-electron chi connectivity index (χ3n) is 3.31. The molecule has 0 spiro atoms. The Morgan fingerprint density at radius 1 is 1.27 bits per heavy atom. The second-order valence-electron chi connectivity index (χ2n) is 4.28. The van der Waals surface area contributed by atoms with Crippen LogP contribution in [-0.2, 0) is 7.05 Å². The lowest BCUT2D eigenvalue weighted by molar-refractivity contribution is 0.293. The van der Waals surface area contributed by atoms with Gasteiger partial charge < -0.3 is 0 Å². The van der Waals surface area contributed by atoms with Crippen molar-refractivity contribution in [1.82, 2.24) is 9.36 Å². The maximum Gasteiger partial charge on any atom is 0.267 e. The Morgan fingerprint density at radius 3 is 2.33 bits per heavy atom. The molecule has 0 bridgehead atoms. The Hall–Kier alpha value is -0.990. The zero-order valence-corrected chi connectivity index (χ0v) is 8.99. The van der Waals surface area contributed by atoms with Gasteiger partial charge in [-0.15, -0.1) is 0 Å². The van der Waals surface area contributed by atoms with E-state index in [0.29, 0.717) is 6.04 Å². The van der Waals surface area contributed by atoms with Crippen LogP contribution in [0.5, 0.6) is 0 Å². The zero-order chi connectivity index (χ0) is 10.1. The van der Waals surface area contributed by atoms with Crippen molar-refractivity contribution in [1.29, 1.82) is 0 Å². The van der Waals surface area contributed by atoms with Gasteiger partial charge >= 0.3 is 0 Å². The highest BCUT2D eigenvalue weighted by molar-refractivity contribution is 5.00. The molecule has 1 saturated carbocycles. The van der Waals surface area contributed by atoms with E-state index in [-0.39, 0.29) is 13.0 Å². The van der Waals surface area contributed by atoms with E-state index in [1.807, 2.05) is 23.3 Å². The van der Waals surface area contributed by atoms with E-state index in [9.17, 15) is 4.79 Å². The van der Waals surface area contributed by atoms with Crippen molar-refractivity contribution in [2.45, 2.75) is 52.5 Å². The highest BCUT2D eigenvalue weighted by Gasteiger charge is 2.18. The summed E-state index contributed by atoms with van der Waals surface area (Å²) < 4.78 is 3.92. The van der Waals surface area contributed by atoms with Gasteiger partial charge in [0.1, 0.15) is 0 Å². The second-order valence-corrected chi connectivity index (χ2v) is 4.28. The number of aromatic nitrogens is 2. The van der Waals surface area contributed by atoms with Crippen molar-refractivity contribution < 1.29 is 0 Å². The molecule has 0 atom stereocenters. The first-order valence-corrected chi connectivity index (χ1v) is 5.45. The van der Waals surface area contributed by atoms with Crippen molar-refractivity contribution in [2.24, 2.45) is 7.05 Å². The largest absolute Gasteiger partial charge is 0.290 e. The van der Waals surface area contributed by atoms with Crippen molar-refractivity contribution in [3.63, 3.8) is 0 Å². The summed E-state index contributed by atoms with van der Waals surface area (Å²) in [5.74, 6) is 0. The van der Waals surface area contributed by atoms with Gasteiger partial charge in [-0.2, -0.15) is 0 Å². The van der Waals surface area contributed by atoms with E-state index in [2.05, 4.69) is 0 Å². The average Bonchev–Trinajstić information content (AvgIpc) is 2.43. The third kappa shape index (κ3) is 2.16. The molecule has 1 aromatic rings. The number of hydrogen-bond donors (Lipinski definition) is 0. The average molecular weight is 210 g/mol. The molecule has 0 unspecified atom stereocenters. The summed E-state index contributed by atoms with van der Waals surface area (Å²) in [6, 6.07) is 2.17. The molecule has 1 fully saturated rings. The van der Waals surface area contributed by atoms with Crippen LogP contribution >= 0.6 is 0 Å². The summed E-state index contributed by atoms with van der Waals surface area (Å²) in [5, 5.41) is 0. The molecule has 1 aromatic heterocycles. The topological polar surface area (TPSA) is 26.9 Å². The molecule has 0 radical (unpaired) electrons. The number of nitrogens with zero attached hydrogens (tertiary/aromatic N) is 2. The van der Waals surface area contributed by atoms with Crippen LogP contribution in [0.2, 0.25) is 0 Å². The molecule has 2 rings (SSSR count). The van der Waals surface area contributed by atoms with E-state index >= 15 is 0 Å². The molecule has 0 amide bonds. The second kappa shape index (κ2) is 4.69. The molecular weight excluding hydrogens is 188 g/mol. The van der Waals surface area contributed by atoms with Gasteiger partial charge in [0.25, 0.3) is 5.56 Å². The molecule has 15 heavy (non-hydrogen) atoms. The standard InChI is InChI=1S/C11H18N2O.CH4/c1-9-8-11(14)13(12(9)2)10-6-4-3-5-7-10;/h8,10H,3-7H2,1-2H3;1H4. The molecule has 0 aromatic carbocycles. The summed E-state index contributed by atoms with van der Waals surface area (Å²) in [6.07, 6.45) is 6.19. The first-order valence-electron chi connectivity index (χ1n) is 5.45. The van der Waals surface area contributed by atoms with Gasteiger partial charge in [0.05, 0.1) is 6.04 Å². The Morgan fingerprint density at radius 2 is 1.87 bits per heavy atom. The van der Waals surface area contributed by atoms with Crippen molar-refractivity contribution in [3.8, 4) is 0 Å². The maximum absolute atomic E-state index is 11.7. The zero-order valence-electron chi connectivity index (χ0n) is 8.99. The monoisotopic (exact) mass is 210 g/mol. The Bertz CT molecular complexity index is 369. The summed E-state index contributed by atoms with van der Waals surface area (Å²) in [5.41, 5.74) is 1.22. The fraction of sp³-hybridized carbons (Fsp3) is 0.750. The Kier molecular flexibility index (Phi) is 3.77. The predicted molar refractivity (Wildman–Crippen MR) is 63.3 cm³/mol. The number of rotatable bonds is 1. The molecule has 1 heterocycles. The minimum atomic E-state index is 0. The molecule has 1 aliphatic carbocycles. The number of hydrogen-bond acceptors (Lipinski definition) is 1. The van der Waals surface area contributed by atoms with Crippen molar-refractivity contribution in [2.75, 3.05) is 0 Å². The lowest BCUT2D eigenvalue weighted by atomic mass is 9.96. The van der Waals surface area contributed by atoms with Gasteiger partial charge in [-0.05, 0) is 19.8 Å². The quantitative estimate of drug-likeness (QED) is 0.700. The molecule has 3 nitrogen and oxygen atoms in total. The Labute approximate surface area is 91.7 Å². The van der Waals surface area contributed by atoms with Crippen LogP contribution in [0.4, 0.5) is 0 Å². The van der Waals surface area contributed by atoms with Crippen LogP contribution in [0.1, 0.15) is 51.3 Å². The summed E-state index contributed by atoms with van der Waals surface area (Å²) >= 11 is 0. The maximum atomic E-state index is 11.7. The minimum Gasteiger partial charge on any atom is -0.290 e. The van der Waals surface area contributed by atoms with Crippen LogP contribution in [-0.4, -0.2) is 9.36 Å². The normalized spacial score (nSPS) is 17.5. The summed E-state index contributed by atoms with van der Waals surface area (Å²) in [6.45, 7) is 1.99. The smallest absolute Gasteiger partial charge is 0.267 e. The fourth-order valence-electron chi connectivity index (χ4n) is 2.41. The van der Waals surface area contributed by atoms with Crippen LogP contribution in [0.25, 0.3) is 0 Å². The SMILES string of the molecule is C.Cc1cc(=O)n(C2CCCCC2)n1C. The van der Waals surface area contributed by atoms with Gasteiger partial charge in [-0.1, -0.05) is 26.7 Å². The van der Waals surface area contributed by atoms with Gasteiger partial charge in [-0.3, -0.25) is 9.48 Å². The van der Waals surface area contributed by atoms with Gasteiger partial charge in [0.15, 0.2) is 0 Å². The summed E-state index contributed by atoms with van der Waals surface area (Å²) in [4.78, 5) is 11.7. The molecule has 0 aliphatic heterocycles. The lowest BCUT2D eigenvalue weighted by Gasteiger charge is -2.24. The van der Waals surface area contributed by atoms with E-state index in [4.69, 9.17) is 0 Å². The minimum absolute atomic E-state index is 0. The molecule has 86 valence electrons. The van der Waals surface area contributed by atoms with Gasteiger partial charge in [-0.25, -0.2) is 4.68 Å². The van der Waals surface area contributed by atoms with Crippen LogP contribution in [0.3, 0.4) is 0 Å². The van der Waals surface area contributed by atoms with Crippen LogP contribution in [0, 0.1) is 6.92 Å². The first-order chi connectivity index (χ1) is 6.70. The van der Waals surface area contributed by atoms with Gasteiger partial charge in [0.2, 0.25) is 0 Å². The highest BCUT2D eigenvalue weighted by Crippen LogP contribution is 2.26. The van der Waals surface area contributed by atoms with E-state index < -0.39 is 0 Å². The van der Waals surface area contributed by atoms with Crippen LogP contribution < -0.4 is 5.56 Å². The van der Waals surface area contributed by atoms with Crippen molar-refractivity contribution in [3.05, 3.63) is 22.1 Å². The lowest BCUT2D eigenvalue weighted by Crippen LogP contribution is -2.27. The Balaban J connectivity index is 0.00000112. The van der Waals surface area contributed by atoms with Crippen molar-refractivity contribution >= 4 is 0 Å². The number of aryl methyl sites for hydroxylation is 1. The van der Waals surface area contributed by atoms with E-state index in [0.717, 1.165) is 18.5 Å². The molecule has 0 N–H and O–H groups in total. The molecule has 1 aliphatic rings.